The summed E-state index contributed by atoms with van der Waals surface area (Å²) in [5.74, 6) is 0.438. The molecule has 1 fully saturated rings. The van der Waals surface area contributed by atoms with Crippen LogP contribution in [0, 0.1) is 5.82 Å². The lowest BCUT2D eigenvalue weighted by molar-refractivity contribution is 0.0497. The van der Waals surface area contributed by atoms with E-state index in [1.54, 1.807) is 12.1 Å². The van der Waals surface area contributed by atoms with E-state index in [0.717, 1.165) is 11.1 Å². The molecule has 5 rings (SSSR count). The van der Waals surface area contributed by atoms with Gasteiger partial charge in [0.2, 0.25) is 11.8 Å². The van der Waals surface area contributed by atoms with Crippen LogP contribution < -0.4 is 25.0 Å². The molecule has 0 radical (unpaired) electrons. The zero-order valence-electron chi connectivity index (χ0n) is 25.4. The third-order valence-corrected chi connectivity index (χ3v) is 7.07. The Balaban J connectivity index is 1.24. The topological polar surface area (TPSA) is 85.0 Å². The average Bonchev–Trinajstić information content (AvgIpc) is 3.00. The number of carbonyl (C=O) groups excluding carboxylic acids is 1. The van der Waals surface area contributed by atoms with Crippen LogP contribution in [-0.2, 0) is 18.0 Å². The van der Waals surface area contributed by atoms with Crippen molar-refractivity contribution in [2.75, 3.05) is 23.3 Å². The van der Waals surface area contributed by atoms with E-state index < -0.39 is 11.7 Å². The summed E-state index contributed by atoms with van der Waals surface area (Å²) in [6, 6.07) is 28.3. The highest BCUT2D eigenvalue weighted by molar-refractivity contribution is 5.69. The van der Waals surface area contributed by atoms with Gasteiger partial charge in [0.15, 0.2) is 0 Å². The van der Waals surface area contributed by atoms with Crippen molar-refractivity contribution < 1.29 is 23.4 Å². The van der Waals surface area contributed by atoms with Crippen LogP contribution in [0.3, 0.4) is 0 Å². The number of ether oxygens (including phenoxy) is 3. The Morgan fingerprint density at radius 3 is 2.14 bits per heavy atom. The van der Waals surface area contributed by atoms with Gasteiger partial charge in [-0.05, 0) is 69.0 Å². The van der Waals surface area contributed by atoms with Crippen LogP contribution in [0.25, 0.3) is 0 Å². The number of benzene rings is 3. The van der Waals surface area contributed by atoms with Gasteiger partial charge in [-0.1, -0.05) is 60.7 Å². The first-order valence-electron chi connectivity index (χ1n) is 14.9. The van der Waals surface area contributed by atoms with E-state index in [-0.39, 0.29) is 11.9 Å². The van der Waals surface area contributed by atoms with Gasteiger partial charge in [-0.15, -0.1) is 0 Å². The largest absolute Gasteiger partial charge is 0.473 e. The quantitative estimate of drug-likeness (QED) is 0.194. The molecule has 0 atom stereocenters. The van der Waals surface area contributed by atoms with E-state index in [2.05, 4.69) is 15.6 Å². The SMILES string of the molecule is CC(C)(C)OC(=O)NC1CCN(c2ccc(Nc3ccc(OCc4ccccc4)nc3OCc3ccccc3)cc2F)CC1. The second kappa shape index (κ2) is 14.1. The van der Waals surface area contributed by atoms with Crippen molar-refractivity contribution in [2.45, 2.75) is 58.5 Å². The molecule has 2 heterocycles. The molecule has 1 saturated heterocycles. The molecule has 1 aliphatic rings. The summed E-state index contributed by atoms with van der Waals surface area (Å²) in [5.41, 5.74) is 3.16. The van der Waals surface area contributed by atoms with Crippen molar-refractivity contribution in [3.05, 3.63) is 108 Å². The van der Waals surface area contributed by atoms with Crippen molar-refractivity contribution in [3.8, 4) is 11.8 Å². The number of piperidine rings is 1. The lowest BCUT2D eigenvalue weighted by atomic mass is 10.0. The summed E-state index contributed by atoms with van der Waals surface area (Å²) in [4.78, 5) is 18.7. The molecule has 0 saturated carbocycles. The molecule has 9 heteroatoms. The summed E-state index contributed by atoms with van der Waals surface area (Å²) in [6.07, 6.45) is 0.978. The Morgan fingerprint density at radius 1 is 0.886 bits per heavy atom. The van der Waals surface area contributed by atoms with Gasteiger partial charge in [0.1, 0.15) is 30.3 Å². The van der Waals surface area contributed by atoms with Crippen molar-refractivity contribution in [2.24, 2.45) is 0 Å². The van der Waals surface area contributed by atoms with Gasteiger partial charge in [0, 0.05) is 30.9 Å². The molecule has 3 aromatic carbocycles. The van der Waals surface area contributed by atoms with Gasteiger partial charge >= 0.3 is 6.09 Å². The highest BCUT2D eigenvalue weighted by Gasteiger charge is 2.25. The van der Waals surface area contributed by atoms with Gasteiger partial charge in [0.25, 0.3) is 0 Å². The first-order valence-corrected chi connectivity index (χ1v) is 14.9. The zero-order chi connectivity index (χ0) is 30.9. The highest BCUT2D eigenvalue weighted by Crippen LogP contribution is 2.32. The van der Waals surface area contributed by atoms with Crippen LogP contribution in [0.2, 0.25) is 0 Å². The van der Waals surface area contributed by atoms with Crippen LogP contribution in [0.15, 0.2) is 91.0 Å². The minimum Gasteiger partial charge on any atom is -0.473 e. The number of aromatic nitrogens is 1. The lowest BCUT2D eigenvalue weighted by Crippen LogP contribution is -2.46. The van der Waals surface area contributed by atoms with E-state index in [4.69, 9.17) is 14.2 Å². The fourth-order valence-electron chi connectivity index (χ4n) is 4.90. The maximum atomic E-state index is 15.4. The number of nitrogens with zero attached hydrogens (tertiary/aromatic N) is 2. The molecule has 0 aliphatic carbocycles. The normalized spacial score (nSPS) is 13.7. The predicted octanol–water partition coefficient (Wildman–Crippen LogP) is 7.62. The number of hydrogen-bond donors (Lipinski definition) is 2. The van der Waals surface area contributed by atoms with Crippen LogP contribution >= 0.6 is 0 Å². The molecular weight excluding hydrogens is 559 g/mol. The van der Waals surface area contributed by atoms with Crippen molar-refractivity contribution in [3.63, 3.8) is 0 Å². The third kappa shape index (κ3) is 8.86. The van der Waals surface area contributed by atoms with Gasteiger partial charge in [-0.2, -0.15) is 4.98 Å². The molecule has 1 aromatic heterocycles. The monoisotopic (exact) mass is 598 g/mol. The second-order valence-electron chi connectivity index (χ2n) is 11.7. The smallest absolute Gasteiger partial charge is 0.407 e. The minimum absolute atomic E-state index is 0.00782. The molecule has 0 bridgehead atoms. The maximum Gasteiger partial charge on any atom is 0.407 e. The Labute approximate surface area is 258 Å². The first-order chi connectivity index (χ1) is 21.2. The summed E-state index contributed by atoms with van der Waals surface area (Å²) in [6.45, 7) is 7.44. The Morgan fingerprint density at radius 2 is 1.52 bits per heavy atom. The lowest BCUT2D eigenvalue weighted by Gasteiger charge is -2.34. The molecule has 1 aliphatic heterocycles. The number of rotatable bonds is 10. The number of pyridine rings is 1. The fraction of sp³-hybridized carbons (Fsp3) is 0.314. The summed E-state index contributed by atoms with van der Waals surface area (Å²) >= 11 is 0. The van der Waals surface area contributed by atoms with E-state index >= 15 is 4.39 Å². The van der Waals surface area contributed by atoms with Crippen LogP contribution in [0.4, 0.5) is 26.2 Å². The van der Waals surface area contributed by atoms with Crippen molar-refractivity contribution in [1.82, 2.24) is 10.3 Å². The molecule has 0 spiro atoms. The summed E-state index contributed by atoms with van der Waals surface area (Å²) in [7, 11) is 0. The standard InChI is InChI=1S/C35H39FN4O4/c1-35(2,3)44-34(41)38-27-18-20-40(21-19-27)31-16-14-28(22-29(31)36)37-30-15-17-32(42-23-25-10-6-4-7-11-25)39-33(30)43-24-26-12-8-5-9-13-26/h4-17,22,27,37H,18-21,23-24H2,1-3H3,(H,38,41). The van der Waals surface area contributed by atoms with Gasteiger partial charge in [-0.25, -0.2) is 9.18 Å². The minimum atomic E-state index is -0.549. The first kappa shape index (κ1) is 30.7. The van der Waals surface area contributed by atoms with Crippen LogP contribution in [0.5, 0.6) is 11.8 Å². The number of hydrogen-bond acceptors (Lipinski definition) is 7. The van der Waals surface area contributed by atoms with E-state index in [9.17, 15) is 4.79 Å². The predicted molar refractivity (Wildman–Crippen MR) is 170 cm³/mol. The molecular formula is C35H39FN4O4. The number of anilines is 3. The van der Waals surface area contributed by atoms with Crippen molar-refractivity contribution >= 4 is 23.2 Å². The van der Waals surface area contributed by atoms with E-state index in [0.29, 0.717) is 68.0 Å². The Hall–Kier alpha value is -4.79. The van der Waals surface area contributed by atoms with Gasteiger partial charge in [0.05, 0.1) is 5.69 Å². The summed E-state index contributed by atoms with van der Waals surface area (Å²) < 4.78 is 32.8. The number of nitrogens with one attached hydrogen (secondary N) is 2. The molecule has 0 unspecified atom stereocenters. The van der Waals surface area contributed by atoms with Crippen molar-refractivity contribution in [1.29, 1.82) is 0 Å². The van der Waals surface area contributed by atoms with E-state index in [1.165, 1.54) is 6.07 Å². The van der Waals surface area contributed by atoms with Gasteiger partial charge < -0.3 is 29.7 Å². The molecule has 2 N–H and O–H groups in total. The zero-order valence-corrected chi connectivity index (χ0v) is 25.4. The Bertz CT molecular complexity index is 1520. The number of alkyl carbamates (subject to hydrolysis) is 1. The number of carbonyl (C=O) groups is 1. The summed E-state index contributed by atoms with van der Waals surface area (Å²) in [5, 5.41) is 6.19. The fourth-order valence-corrected chi connectivity index (χ4v) is 4.90. The molecule has 230 valence electrons. The van der Waals surface area contributed by atoms with Crippen LogP contribution in [-0.4, -0.2) is 35.8 Å². The maximum absolute atomic E-state index is 15.4. The Kier molecular flexibility index (Phi) is 9.84. The molecule has 8 nitrogen and oxygen atoms in total. The second-order valence-corrected chi connectivity index (χ2v) is 11.7. The average molecular weight is 599 g/mol. The highest BCUT2D eigenvalue weighted by atomic mass is 19.1. The van der Waals surface area contributed by atoms with Crippen LogP contribution in [0.1, 0.15) is 44.7 Å². The third-order valence-electron chi connectivity index (χ3n) is 7.07. The molecule has 4 aromatic rings. The van der Waals surface area contributed by atoms with Gasteiger partial charge in [-0.3, -0.25) is 0 Å². The number of halogens is 1. The van der Waals surface area contributed by atoms with E-state index in [1.807, 2.05) is 98.5 Å². The molecule has 44 heavy (non-hydrogen) atoms. The molecule has 1 amide bonds. The number of amides is 1.